The Kier molecular flexibility index (Phi) is 6.33. The lowest BCUT2D eigenvalue weighted by Gasteiger charge is -2.20. The van der Waals surface area contributed by atoms with Crippen LogP contribution in [-0.2, 0) is 4.79 Å². The first-order valence-corrected chi connectivity index (χ1v) is 8.65. The van der Waals surface area contributed by atoms with Crippen LogP contribution in [-0.4, -0.2) is 16.9 Å². The van der Waals surface area contributed by atoms with Crippen molar-refractivity contribution in [3.8, 4) is 5.75 Å². The second-order valence-electron chi connectivity index (χ2n) is 6.35. The second kappa shape index (κ2) is 8.47. The summed E-state index contributed by atoms with van der Waals surface area (Å²) in [5.74, 6) is 0.647. The molecule has 0 aliphatic heterocycles. The molecule has 0 aliphatic carbocycles. The number of hydrogen-bond donors (Lipinski definition) is 1. The molecule has 0 spiro atoms. The first-order chi connectivity index (χ1) is 12.3. The second-order valence-corrected chi connectivity index (χ2v) is 6.35. The van der Waals surface area contributed by atoms with Crippen molar-refractivity contribution in [3.05, 3.63) is 63.7 Å². The molecule has 0 saturated heterocycles. The zero-order valence-electron chi connectivity index (χ0n) is 15.5. The molecule has 0 aliphatic rings. The van der Waals surface area contributed by atoms with Crippen LogP contribution < -0.4 is 10.1 Å². The lowest BCUT2D eigenvalue weighted by molar-refractivity contribution is -0.384. The molecule has 0 saturated carbocycles. The SMILES string of the molecule is CCC(C)c1ccccc1OC(C)C(=O)Nc1cc([N+](=O)[O-])ccc1C. The number of aryl methyl sites for hydroxylation is 1. The average Bonchev–Trinajstić information content (AvgIpc) is 2.63. The molecule has 2 aromatic rings. The van der Waals surface area contributed by atoms with Gasteiger partial charge in [-0.05, 0) is 43.4 Å². The summed E-state index contributed by atoms with van der Waals surface area (Å²) in [5, 5.41) is 13.6. The molecule has 6 heteroatoms. The number of rotatable bonds is 7. The summed E-state index contributed by atoms with van der Waals surface area (Å²) >= 11 is 0. The van der Waals surface area contributed by atoms with E-state index in [0.717, 1.165) is 17.5 Å². The maximum absolute atomic E-state index is 12.5. The van der Waals surface area contributed by atoms with E-state index < -0.39 is 11.0 Å². The molecule has 0 aromatic heterocycles. The largest absolute Gasteiger partial charge is 0.481 e. The van der Waals surface area contributed by atoms with Gasteiger partial charge in [0.2, 0.25) is 0 Å². The first-order valence-electron chi connectivity index (χ1n) is 8.65. The highest BCUT2D eigenvalue weighted by Gasteiger charge is 2.19. The van der Waals surface area contributed by atoms with Crippen molar-refractivity contribution in [2.45, 2.75) is 46.1 Å². The Morgan fingerprint density at radius 1 is 1.23 bits per heavy atom. The van der Waals surface area contributed by atoms with E-state index >= 15 is 0 Å². The molecule has 26 heavy (non-hydrogen) atoms. The average molecular weight is 356 g/mol. The number of nitrogens with one attached hydrogen (secondary N) is 1. The van der Waals surface area contributed by atoms with E-state index in [1.54, 1.807) is 19.9 Å². The quantitative estimate of drug-likeness (QED) is 0.569. The molecule has 6 nitrogen and oxygen atoms in total. The summed E-state index contributed by atoms with van der Waals surface area (Å²) in [6.07, 6.45) is 0.229. The third-order valence-electron chi connectivity index (χ3n) is 4.43. The van der Waals surface area contributed by atoms with Crippen molar-refractivity contribution in [1.82, 2.24) is 0 Å². The highest BCUT2D eigenvalue weighted by atomic mass is 16.6. The molecule has 2 unspecified atom stereocenters. The zero-order chi connectivity index (χ0) is 19.3. The smallest absolute Gasteiger partial charge is 0.271 e. The van der Waals surface area contributed by atoms with E-state index in [2.05, 4.69) is 19.2 Å². The van der Waals surface area contributed by atoms with Crippen LogP contribution in [0.15, 0.2) is 42.5 Å². The Hall–Kier alpha value is -2.89. The van der Waals surface area contributed by atoms with Crippen LogP contribution in [0.3, 0.4) is 0 Å². The van der Waals surface area contributed by atoms with Gasteiger partial charge in [-0.25, -0.2) is 0 Å². The Balaban J connectivity index is 2.14. The van der Waals surface area contributed by atoms with Crippen LogP contribution in [0.25, 0.3) is 0 Å². The number of anilines is 1. The molecule has 2 atom stereocenters. The summed E-state index contributed by atoms with van der Waals surface area (Å²) in [6.45, 7) is 7.65. The van der Waals surface area contributed by atoms with Crippen LogP contribution in [0.5, 0.6) is 5.75 Å². The number of carbonyl (C=O) groups is 1. The number of nitro groups is 1. The minimum atomic E-state index is -0.737. The van der Waals surface area contributed by atoms with E-state index in [1.807, 2.05) is 24.3 Å². The number of carbonyl (C=O) groups excluding carboxylic acids is 1. The normalized spacial score (nSPS) is 12.9. The highest BCUT2D eigenvalue weighted by molar-refractivity contribution is 5.95. The molecular formula is C20H24N2O4. The summed E-state index contributed by atoms with van der Waals surface area (Å²) in [5.41, 5.74) is 2.15. The fourth-order valence-corrected chi connectivity index (χ4v) is 2.55. The monoisotopic (exact) mass is 356 g/mol. The summed E-state index contributed by atoms with van der Waals surface area (Å²) in [4.78, 5) is 22.9. The Labute approximate surface area is 153 Å². The summed E-state index contributed by atoms with van der Waals surface area (Å²) < 4.78 is 5.87. The molecule has 0 radical (unpaired) electrons. The highest BCUT2D eigenvalue weighted by Crippen LogP contribution is 2.29. The Morgan fingerprint density at radius 2 is 1.92 bits per heavy atom. The van der Waals surface area contributed by atoms with Gasteiger partial charge in [0, 0.05) is 12.1 Å². The van der Waals surface area contributed by atoms with Gasteiger partial charge in [0.15, 0.2) is 6.10 Å². The van der Waals surface area contributed by atoms with Gasteiger partial charge in [0.05, 0.1) is 10.6 Å². The maximum atomic E-state index is 12.5. The van der Waals surface area contributed by atoms with Gasteiger partial charge in [-0.2, -0.15) is 0 Å². The molecular weight excluding hydrogens is 332 g/mol. The van der Waals surface area contributed by atoms with Gasteiger partial charge < -0.3 is 10.1 Å². The number of ether oxygens (including phenoxy) is 1. The number of amides is 1. The molecule has 1 amide bonds. The molecule has 2 aromatic carbocycles. The molecule has 0 heterocycles. The number of nitrogens with zero attached hydrogens (tertiary/aromatic N) is 1. The number of nitro benzene ring substituents is 1. The van der Waals surface area contributed by atoms with Crippen molar-refractivity contribution in [2.24, 2.45) is 0 Å². The summed E-state index contributed by atoms with van der Waals surface area (Å²) in [6, 6.07) is 12.0. The van der Waals surface area contributed by atoms with Crippen LogP contribution in [0.1, 0.15) is 44.2 Å². The predicted molar refractivity (Wildman–Crippen MR) is 102 cm³/mol. The molecule has 0 fully saturated rings. The minimum Gasteiger partial charge on any atom is -0.481 e. The van der Waals surface area contributed by atoms with E-state index in [-0.39, 0.29) is 11.6 Å². The number of hydrogen-bond acceptors (Lipinski definition) is 4. The van der Waals surface area contributed by atoms with Crippen molar-refractivity contribution < 1.29 is 14.5 Å². The maximum Gasteiger partial charge on any atom is 0.271 e. The lowest BCUT2D eigenvalue weighted by atomic mass is 9.98. The van der Waals surface area contributed by atoms with Crippen LogP contribution in [0, 0.1) is 17.0 Å². The van der Waals surface area contributed by atoms with Crippen LogP contribution in [0.4, 0.5) is 11.4 Å². The molecule has 1 N–H and O–H groups in total. The minimum absolute atomic E-state index is 0.0680. The number of para-hydroxylation sites is 1. The van der Waals surface area contributed by atoms with Crippen LogP contribution in [0.2, 0.25) is 0 Å². The van der Waals surface area contributed by atoms with Crippen molar-refractivity contribution in [2.75, 3.05) is 5.32 Å². The van der Waals surface area contributed by atoms with Gasteiger partial charge in [0.1, 0.15) is 5.75 Å². The van der Waals surface area contributed by atoms with Gasteiger partial charge in [-0.1, -0.05) is 38.1 Å². The molecule has 138 valence electrons. The van der Waals surface area contributed by atoms with Crippen LogP contribution >= 0.6 is 0 Å². The van der Waals surface area contributed by atoms with Gasteiger partial charge in [-0.3, -0.25) is 14.9 Å². The first kappa shape index (κ1) is 19.4. The lowest BCUT2D eigenvalue weighted by Crippen LogP contribution is -2.30. The topological polar surface area (TPSA) is 81.5 Å². The third-order valence-corrected chi connectivity index (χ3v) is 4.43. The Bertz CT molecular complexity index is 804. The zero-order valence-corrected chi connectivity index (χ0v) is 15.5. The fourth-order valence-electron chi connectivity index (χ4n) is 2.55. The third kappa shape index (κ3) is 4.59. The van der Waals surface area contributed by atoms with Crippen molar-refractivity contribution in [1.29, 1.82) is 0 Å². The summed E-state index contributed by atoms with van der Waals surface area (Å²) in [7, 11) is 0. The Morgan fingerprint density at radius 3 is 2.58 bits per heavy atom. The standard InChI is InChI=1S/C20H24N2O4/c1-5-13(2)17-8-6-7-9-19(17)26-15(4)20(23)21-18-12-16(22(24)25)11-10-14(18)3/h6-13,15H,5H2,1-4H3,(H,21,23). The van der Waals surface area contributed by atoms with E-state index in [0.29, 0.717) is 17.4 Å². The van der Waals surface area contributed by atoms with E-state index in [9.17, 15) is 14.9 Å². The number of non-ortho nitro benzene ring substituents is 1. The van der Waals surface area contributed by atoms with E-state index in [4.69, 9.17) is 4.74 Å². The number of benzene rings is 2. The van der Waals surface area contributed by atoms with Crippen molar-refractivity contribution in [3.63, 3.8) is 0 Å². The molecule has 0 bridgehead atoms. The van der Waals surface area contributed by atoms with Crippen molar-refractivity contribution >= 4 is 17.3 Å². The van der Waals surface area contributed by atoms with Gasteiger partial charge >= 0.3 is 0 Å². The van der Waals surface area contributed by atoms with Gasteiger partial charge in [0.25, 0.3) is 11.6 Å². The van der Waals surface area contributed by atoms with Gasteiger partial charge in [-0.15, -0.1) is 0 Å². The predicted octanol–water partition coefficient (Wildman–Crippen LogP) is 4.82. The molecule has 2 rings (SSSR count). The fraction of sp³-hybridized carbons (Fsp3) is 0.350. The van der Waals surface area contributed by atoms with E-state index in [1.165, 1.54) is 12.1 Å².